The molecule has 0 radical (unpaired) electrons. The lowest BCUT2D eigenvalue weighted by molar-refractivity contribution is 0.331. The molecule has 9 heavy (non-hydrogen) atoms. The first kappa shape index (κ1) is 8.54. The molecule has 0 atom stereocenters. The van der Waals surface area contributed by atoms with Crippen LogP contribution in [0.2, 0.25) is 0 Å². The molecular formula is C8H16O. The molecule has 1 heteroatoms. The van der Waals surface area contributed by atoms with Crippen LogP contribution in [-0.4, -0.2) is 7.11 Å². The lowest BCUT2D eigenvalue weighted by Crippen LogP contribution is -1.81. The molecule has 0 amide bonds. The van der Waals surface area contributed by atoms with Gasteiger partial charge in [0, 0.05) is 0 Å². The Morgan fingerprint density at radius 1 is 1.44 bits per heavy atom. The summed E-state index contributed by atoms with van der Waals surface area (Å²) in [6, 6.07) is 0. The Morgan fingerprint density at radius 2 is 2.11 bits per heavy atom. The van der Waals surface area contributed by atoms with Crippen LogP contribution in [0.25, 0.3) is 0 Å². The van der Waals surface area contributed by atoms with Gasteiger partial charge < -0.3 is 4.74 Å². The Labute approximate surface area is 57.7 Å². The van der Waals surface area contributed by atoms with Crippen molar-refractivity contribution in [2.75, 3.05) is 7.11 Å². The first-order chi connectivity index (χ1) is 4.35. The second kappa shape index (κ2) is 5.67. The van der Waals surface area contributed by atoms with Gasteiger partial charge in [0.1, 0.15) is 0 Å². The lowest BCUT2D eigenvalue weighted by Gasteiger charge is -1.99. The predicted octanol–water partition coefficient (Wildman–Crippen LogP) is 2.73. The van der Waals surface area contributed by atoms with Crippen molar-refractivity contribution in [2.24, 2.45) is 0 Å². The van der Waals surface area contributed by atoms with E-state index in [1.165, 1.54) is 18.4 Å². The van der Waals surface area contributed by atoms with Gasteiger partial charge in [0.15, 0.2) is 0 Å². The van der Waals surface area contributed by atoms with Crippen LogP contribution in [0.4, 0.5) is 0 Å². The van der Waals surface area contributed by atoms with E-state index in [2.05, 4.69) is 13.8 Å². The molecule has 0 heterocycles. The molecule has 0 aromatic heterocycles. The molecule has 0 spiro atoms. The fourth-order valence-electron chi connectivity index (χ4n) is 0.807. The van der Waals surface area contributed by atoms with Crippen LogP contribution in [0.15, 0.2) is 11.8 Å². The maximum absolute atomic E-state index is 4.89. The minimum Gasteiger partial charge on any atom is -0.504 e. The lowest BCUT2D eigenvalue weighted by atomic mass is 10.1. The topological polar surface area (TPSA) is 9.23 Å². The monoisotopic (exact) mass is 128 g/mol. The first-order valence-corrected chi connectivity index (χ1v) is 3.55. The van der Waals surface area contributed by atoms with E-state index in [4.69, 9.17) is 4.74 Å². The molecule has 0 aromatic rings. The Hall–Kier alpha value is -0.460. The Kier molecular flexibility index (Phi) is 5.38. The summed E-state index contributed by atoms with van der Waals surface area (Å²) in [6.07, 6.45) is 5.35. The summed E-state index contributed by atoms with van der Waals surface area (Å²) in [6.45, 7) is 4.33. The van der Waals surface area contributed by atoms with Crippen LogP contribution < -0.4 is 0 Å². The zero-order chi connectivity index (χ0) is 7.11. The summed E-state index contributed by atoms with van der Waals surface area (Å²) in [5.74, 6) is 0. The standard InChI is InChI=1S/C8H16O/c1-4-6-8(5-2)7-9-3/h7H,4-6H2,1-3H3. The van der Waals surface area contributed by atoms with E-state index >= 15 is 0 Å². The van der Waals surface area contributed by atoms with E-state index in [0.717, 1.165) is 6.42 Å². The molecule has 0 aromatic carbocycles. The maximum Gasteiger partial charge on any atom is 0.0816 e. The Balaban J connectivity index is 3.53. The van der Waals surface area contributed by atoms with E-state index in [1.54, 1.807) is 7.11 Å². The third-order valence-electron chi connectivity index (χ3n) is 1.31. The zero-order valence-corrected chi connectivity index (χ0v) is 6.61. The van der Waals surface area contributed by atoms with Crippen LogP contribution in [0.3, 0.4) is 0 Å². The third kappa shape index (κ3) is 4.07. The van der Waals surface area contributed by atoms with Crippen molar-refractivity contribution in [2.45, 2.75) is 33.1 Å². The molecule has 0 aliphatic carbocycles. The smallest absolute Gasteiger partial charge is 0.0816 e. The van der Waals surface area contributed by atoms with Gasteiger partial charge in [-0.25, -0.2) is 0 Å². The molecule has 0 unspecified atom stereocenters. The molecule has 0 fully saturated rings. The fourth-order valence-corrected chi connectivity index (χ4v) is 0.807. The van der Waals surface area contributed by atoms with E-state index in [0.29, 0.717) is 0 Å². The largest absolute Gasteiger partial charge is 0.504 e. The van der Waals surface area contributed by atoms with Gasteiger partial charge in [-0.15, -0.1) is 0 Å². The second-order valence-corrected chi connectivity index (χ2v) is 2.12. The highest BCUT2D eigenvalue weighted by molar-refractivity contribution is 4.95. The highest BCUT2D eigenvalue weighted by atomic mass is 16.5. The Morgan fingerprint density at radius 3 is 2.44 bits per heavy atom. The third-order valence-corrected chi connectivity index (χ3v) is 1.31. The fraction of sp³-hybridized carbons (Fsp3) is 0.750. The molecule has 0 N–H and O–H groups in total. The van der Waals surface area contributed by atoms with E-state index in [9.17, 15) is 0 Å². The quantitative estimate of drug-likeness (QED) is 0.529. The summed E-state index contributed by atoms with van der Waals surface area (Å²) in [7, 11) is 1.70. The second-order valence-electron chi connectivity index (χ2n) is 2.12. The van der Waals surface area contributed by atoms with Crippen LogP contribution in [0.1, 0.15) is 33.1 Å². The van der Waals surface area contributed by atoms with Crippen molar-refractivity contribution in [1.29, 1.82) is 0 Å². The summed E-state index contributed by atoms with van der Waals surface area (Å²) in [5, 5.41) is 0. The molecule has 54 valence electrons. The number of rotatable bonds is 4. The van der Waals surface area contributed by atoms with Gasteiger partial charge in [-0.1, -0.05) is 20.3 Å². The van der Waals surface area contributed by atoms with Crippen LogP contribution in [-0.2, 0) is 4.74 Å². The SMILES string of the molecule is CCCC(=COC)CC. The van der Waals surface area contributed by atoms with Gasteiger partial charge in [0.2, 0.25) is 0 Å². The average molecular weight is 128 g/mol. The Bertz CT molecular complexity index is 84.6. The number of hydrogen-bond donors (Lipinski definition) is 0. The first-order valence-electron chi connectivity index (χ1n) is 3.55. The molecule has 0 aliphatic heterocycles. The van der Waals surface area contributed by atoms with Crippen molar-refractivity contribution in [3.63, 3.8) is 0 Å². The van der Waals surface area contributed by atoms with Gasteiger partial charge in [0.05, 0.1) is 13.4 Å². The highest BCUT2D eigenvalue weighted by Gasteiger charge is 1.89. The van der Waals surface area contributed by atoms with E-state index in [-0.39, 0.29) is 0 Å². The molecular weight excluding hydrogens is 112 g/mol. The molecule has 0 saturated carbocycles. The van der Waals surface area contributed by atoms with E-state index in [1.807, 2.05) is 6.26 Å². The van der Waals surface area contributed by atoms with E-state index < -0.39 is 0 Å². The average Bonchev–Trinajstić information content (AvgIpc) is 1.88. The van der Waals surface area contributed by atoms with Gasteiger partial charge in [-0.2, -0.15) is 0 Å². The molecule has 0 bridgehead atoms. The summed E-state index contributed by atoms with van der Waals surface area (Å²) < 4.78 is 4.89. The number of hydrogen-bond acceptors (Lipinski definition) is 1. The molecule has 0 saturated heterocycles. The minimum absolute atomic E-state index is 1.11. The van der Waals surface area contributed by atoms with Crippen molar-refractivity contribution in [3.05, 3.63) is 11.8 Å². The minimum atomic E-state index is 1.11. The van der Waals surface area contributed by atoms with Gasteiger partial charge in [-0.3, -0.25) is 0 Å². The van der Waals surface area contributed by atoms with Crippen molar-refractivity contribution >= 4 is 0 Å². The van der Waals surface area contributed by atoms with Crippen molar-refractivity contribution in [1.82, 2.24) is 0 Å². The number of allylic oxidation sites excluding steroid dienone is 1. The molecule has 0 aliphatic rings. The molecule has 1 nitrogen and oxygen atoms in total. The highest BCUT2D eigenvalue weighted by Crippen LogP contribution is 2.07. The van der Waals surface area contributed by atoms with Crippen LogP contribution in [0, 0.1) is 0 Å². The summed E-state index contributed by atoms with van der Waals surface area (Å²) in [4.78, 5) is 0. The van der Waals surface area contributed by atoms with Gasteiger partial charge in [0.25, 0.3) is 0 Å². The zero-order valence-electron chi connectivity index (χ0n) is 6.61. The van der Waals surface area contributed by atoms with Gasteiger partial charge in [-0.05, 0) is 18.4 Å². The predicted molar refractivity (Wildman–Crippen MR) is 40.3 cm³/mol. The number of ether oxygens (including phenoxy) is 1. The van der Waals surface area contributed by atoms with Crippen LogP contribution >= 0.6 is 0 Å². The number of methoxy groups -OCH3 is 1. The van der Waals surface area contributed by atoms with Crippen molar-refractivity contribution in [3.8, 4) is 0 Å². The summed E-state index contributed by atoms with van der Waals surface area (Å²) in [5.41, 5.74) is 1.40. The van der Waals surface area contributed by atoms with Crippen LogP contribution in [0.5, 0.6) is 0 Å². The molecule has 0 rings (SSSR count). The normalized spacial score (nSPS) is 11.7. The maximum atomic E-state index is 4.89. The van der Waals surface area contributed by atoms with Crippen molar-refractivity contribution < 1.29 is 4.74 Å². The summed E-state index contributed by atoms with van der Waals surface area (Å²) >= 11 is 0. The van der Waals surface area contributed by atoms with Gasteiger partial charge >= 0.3 is 0 Å².